The van der Waals surface area contributed by atoms with Crippen LogP contribution in [0.2, 0.25) is 5.02 Å². The third kappa shape index (κ3) is 5.08. The smallest absolute Gasteiger partial charge is 0.261 e. The fraction of sp³-hybridized carbons (Fsp3) is 0.276. The van der Waals surface area contributed by atoms with E-state index in [1.54, 1.807) is 12.3 Å². The molecule has 1 unspecified atom stereocenters. The molecule has 1 fully saturated rings. The summed E-state index contributed by atoms with van der Waals surface area (Å²) in [5, 5.41) is 4.98. The zero-order valence-corrected chi connectivity index (χ0v) is 22.6. The molecule has 0 spiro atoms. The lowest BCUT2D eigenvalue weighted by Gasteiger charge is -2.28. The molecule has 0 aliphatic carbocycles. The molecule has 6 rings (SSSR count). The highest BCUT2D eigenvalue weighted by Gasteiger charge is 2.21. The van der Waals surface area contributed by atoms with Crippen LogP contribution >= 0.6 is 11.6 Å². The number of H-pyrrole nitrogens is 2. The van der Waals surface area contributed by atoms with Crippen molar-refractivity contribution >= 4 is 44.9 Å². The van der Waals surface area contributed by atoms with Gasteiger partial charge >= 0.3 is 0 Å². The Bertz CT molecular complexity index is 1680. The Balaban J connectivity index is 1.44. The SMILES string of the molecule is CN(C)C(CNc1c(-c2nc3cc(N4CCOCC4)ccc3[nH]2)c(=O)[nH]c2ccc(Cl)cc12)c1cccnc1. The summed E-state index contributed by atoms with van der Waals surface area (Å²) in [6, 6.07) is 15.6. The number of aromatic nitrogens is 4. The van der Waals surface area contributed by atoms with E-state index >= 15 is 0 Å². The molecule has 39 heavy (non-hydrogen) atoms. The van der Waals surface area contributed by atoms with E-state index in [0.717, 1.165) is 40.8 Å². The maximum atomic E-state index is 13.5. The summed E-state index contributed by atoms with van der Waals surface area (Å²) < 4.78 is 5.50. The molecule has 5 aromatic rings. The second-order valence-corrected chi connectivity index (χ2v) is 10.4. The summed E-state index contributed by atoms with van der Waals surface area (Å²) in [5.74, 6) is 0.498. The van der Waals surface area contributed by atoms with Crippen LogP contribution in [0.4, 0.5) is 11.4 Å². The van der Waals surface area contributed by atoms with Crippen LogP contribution in [-0.2, 0) is 4.74 Å². The minimum atomic E-state index is -0.234. The lowest BCUT2D eigenvalue weighted by atomic mass is 10.1. The molecule has 1 atom stereocenters. The monoisotopic (exact) mass is 543 g/mol. The number of morpholine rings is 1. The van der Waals surface area contributed by atoms with E-state index in [1.807, 2.05) is 44.6 Å². The number of pyridine rings is 2. The number of hydrogen-bond acceptors (Lipinski definition) is 7. The standard InChI is InChI=1S/C29H30ClN7O2/c1-36(2)25(18-4-3-9-31-16-18)17-32-27-21-14-19(30)5-7-22(21)35-29(38)26(27)28-33-23-8-6-20(15-24(23)34-28)37-10-12-39-13-11-37/h3-9,14-16,25H,10-13,17H2,1-2H3,(H,33,34)(H2,32,35,38). The Morgan fingerprint density at radius 3 is 2.69 bits per heavy atom. The second-order valence-electron chi connectivity index (χ2n) is 9.93. The van der Waals surface area contributed by atoms with Crippen LogP contribution in [0.15, 0.2) is 65.7 Å². The van der Waals surface area contributed by atoms with Gasteiger partial charge in [0.15, 0.2) is 0 Å². The van der Waals surface area contributed by atoms with Crippen LogP contribution in [-0.4, -0.2) is 71.8 Å². The first-order valence-electron chi connectivity index (χ1n) is 13.0. The highest BCUT2D eigenvalue weighted by molar-refractivity contribution is 6.31. The largest absolute Gasteiger partial charge is 0.382 e. The van der Waals surface area contributed by atoms with Crippen molar-refractivity contribution in [2.24, 2.45) is 0 Å². The number of anilines is 2. The minimum Gasteiger partial charge on any atom is -0.382 e. The molecule has 1 aliphatic rings. The van der Waals surface area contributed by atoms with Gasteiger partial charge in [-0.15, -0.1) is 0 Å². The number of halogens is 1. The van der Waals surface area contributed by atoms with Crippen molar-refractivity contribution in [1.82, 2.24) is 24.8 Å². The third-order valence-electron chi connectivity index (χ3n) is 7.22. The minimum absolute atomic E-state index is 0.0202. The molecule has 0 radical (unpaired) electrons. The van der Waals surface area contributed by atoms with Gasteiger partial charge in [-0.25, -0.2) is 4.98 Å². The van der Waals surface area contributed by atoms with Crippen LogP contribution < -0.4 is 15.8 Å². The van der Waals surface area contributed by atoms with Crippen molar-refractivity contribution in [2.75, 3.05) is 57.2 Å². The van der Waals surface area contributed by atoms with Crippen molar-refractivity contribution in [1.29, 1.82) is 0 Å². The summed E-state index contributed by atoms with van der Waals surface area (Å²) in [6.45, 7) is 3.64. The van der Waals surface area contributed by atoms with Gasteiger partial charge in [-0.3, -0.25) is 9.78 Å². The van der Waals surface area contributed by atoms with E-state index < -0.39 is 0 Å². The van der Waals surface area contributed by atoms with Crippen LogP contribution in [0.1, 0.15) is 11.6 Å². The molecule has 1 saturated heterocycles. The van der Waals surface area contributed by atoms with Gasteiger partial charge < -0.3 is 29.8 Å². The highest BCUT2D eigenvalue weighted by atomic mass is 35.5. The Morgan fingerprint density at radius 2 is 1.92 bits per heavy atom. The number of likely N-dealkylation sites (N-methyl/N-ethyl adjacent to an activating group) is 1. The fourth-order valence-electron chi connectivity index (χ4n) is 5.18. The van der Waals surface area contributed by atoms with Crippen molar-refractivity contribution < 1.29 is 4.74 Å². The zero-order valence-electron chi connectivity index (χ0n) is 21.9. The van der Waals surface area contributed by atoms with E-state index in [1.165, 1.54) is 0 Å². The zero-order chi connectivity index (χ0) is 26.9. The average molecular weight is 544 g/mol. The molecular weight excluding hydrogens is 514 g/mol. The number of nitrogens with zero attached hydrogens (tertiary/aromatic N) is 4. The quantitative estimate of drug-likeness (QED) is 0.274. The van der Waals surface area contributed by atoms with Crippen LogP contribution in [0.5, 0.6) is 0 Å². The van der Waals surface area contributed by atoms with Gasteiger partial charge in [-0.1, -0.05) is 17.7 Å². The van der Waals surface area contributed by atoms with E-state index in [-0.39, 0.29) is 11.6 Å². The van der Waals surface area contributed by atoms with E-state index in [2.05, 4.69) is 48.3 Å². The first kappa shape index (κ1) is 25.4. The van der Waals surface area contributed by atoms with E-state index in [0.29, 0.717) is 47.4 Å². The summed E-state index contributed by atoms with van der Waals surface area (Å²) in [4.78, 5) is 33.5. The summed E-state index contributed by atoms with van der Waals surface area (Å²) in [5.41, 5.74) is 5.41. The number of rotatable bonds is 7. The number of hydrogen-bond donors (Lipinski definition) is 3. The molecule has 9 nitrogen and oxygen atoms in total. The van der Waals surface area contributed by atoms with Gasteiger partial charge in [0.1, 0.15) is 11.4 Å². The Kier molecular flexibility index (Phi) is 6.95. The molecule has 0 saturated carbocycles. The molecular formula is C29H30ClN7O2. The molecule has 0 amide bonds. The molecule has 4 heterocycles. The van der Waals surface area contributed by atoms with Gasteiger partial charge in [0, 0.05) is 48.1 Å². The Labute approximate surface area is 230 Å². The topological polar surface area (TPSA) is 102 Å². The van der Waals surface area contributed by atoms with Crippen LogP contribution in [0, 0.1) is 0 Å². The van der Waals surface area contributed by atoms with Crippen LogP contribution in [0.25, 0.3) is 33.3 Å². The maximum absolute atomic E-state index is 13.5. The highest BCUT2D eigenvalue weighted by Crippen LogP contribution is 2.34. The van der Waals surface area contributed by atoms with Crippen molar-refractivity contribution in [2.45, 2.75) is 6.04 Å². The van der Waals surface area contributed by atoms with Crippen molar-refractivity contribution in [3.63, 3.8) is 0 Å². The first-order valence-corrected chi connectivity index (χ1v) is 13.3. The second kappa shape index (κ2) is 10.7. The predicted octanol–water partition coefficient (Wildman–Crippen LogP) is 4.67. The van der Waals surface area contributed by atoms with Gasteiger partial charge in [-0.2, -0.15) is 0 Å². The van der Waals surface area contributed by atoms with Gasteiger partial charge in [-0.05, 0) is 62.1 Å². The lowest BCUT2D eigenvalue weighted by Crippen LogP contribution is -2.36. The van der Waals surface area contributed by atoms with Crippen molar-refractivity contribution in [3.05, 3.63) is 81.9 Å². The number of aromatic amines is 2. The summed E-state index contributed by atoms with van der Waals surface area (Å²) in [6.07, 6.45) is 3.63. The number of ether oxygens (including phenoxy) is 1. The van der Waals surface area contributed by atoms with E-state index in [9.17, 15) is 4.79 Å². The maximum Gasteiger partial charge on any atom is 0.261 e. The molecule has 1 aliphatic heterocycles. The van der Waals surface area contributed by atoms with E-state index in [4.69, 9.17) is 21.3 Å². The Morgan fingerprint density at radius 1 is 1.10 bits per heavy atom. The summed E-state index contributed by atoms with van der Waals surface area (Å²) in [7, 11) is 4.05. The molecule has 0 bridgehead atoms. The molecule has 200 valence electrons. The number of nitrogens with one attached hydrogen (secondary N) is 3. The summed E-state index contributed by atoms with van der Waals surface area (Å²) >= 11 is 6.42. The normalized spacial score (nSPS) is 14.8. The number of benzene rings is 2. The predicted molar refractivity (Wildman–Crippen MR) is 157 cm³/mol. The first-order chi connectivity index (χ1) is 19.0. The molecule has 2 aromatic carbocycles. The van der Waals surface area contributed by atoms with Crippen molar-refractivity contribution in [3.8, 4) is 11.4 Å². The van der Waals surface area contributed by atoms with Crippen LogP contribution in [0.3, 0.4) is 0 Å². The number of imidazole rings is 1. The number of fused-ring (bicyclic) bond motifs is 2. The molecule has 10 heteroatoms. The molecule has 3 N–H and O–H groups in total. The van der Waals surface area contributed by atoms with Gasteiger partial charge in [0.2, 0.25) is 0 Å². The third-order valence-corrected chi connectivity index (χ3v) is 7.46. The van der Waals surface area contributed by atoms with Gasteiger partial charge in [0.05, 0.1) is 41.5 Å². The van der Waals surface area contributed by atoms with Gasteiger partial charge in [0.25, 0.3) is 5.56 Å². The molecule has 3 aromatic heterocycles. The lowest BCUT2D eigenvalue weighted by molar-refractivity contribution is 0.122. The average Bonchev–Trinajstić information content (AvgIpc) is 3.37. The fourth-order valence-corrected chi connectivity index (χ4v) is 5.35. The Hall–Kier alpha value is -3.92.